The average molecular weight is 350 g/mol. The third-order valence-corrected chi connectivity index (χ3v) is 5.13. The monoisotopic (exact) mass is 350 g/mol. The largest absolute Gasteiger partial charge is 0.352 e. The van der Waals surface area contributed by atoms with Gasteiger partial charge in [0.15, 0.2) is 11.5 Å². The summed E-state index contributed by atoms with van der Waals surface area (Å²) in [4.78, 5) is 17.0. The van der Waals surface area contributed by atoms with Gasteiger partial charge in [0.05, 0.1) is 0 Å². The Balaban J connectivity index is 1.48. The quantitative estimate of drug-likeness (QED) is 0.707. The number of hydrogen-bond donors (Lipinski definition) is 0. The Morgan fingerprint density at radius 1 is 0.962 bits per heavy atom. The van der Waals surface area contributed by atoms with Gasteiger partial charge in [0.25, 0.3) is 5.91 Å². The second kappa shape index (κ2) is 6.40. The second-order valence-corrected chi connectivity index (χ2v) is 6.74. The van der Waals surface area contributed by atoms with Gasteiger partial charge in [-0.3, -0.25) is 4.79 Å². The lowest BCUT2D eigenvalue weighted by atomic mass is 10.0. The molecule has 3 heterocycles. The molecule has 0 unspecified atom stereocenters. The SMILES string of the molecule is Cc1cccc(C(=O)N2CCN(c3ccc4nnc(C)n4n3)CC2)c1C. The van der Waals surface area contributed by atoms with Crippen molar-refractivity contribution in [2.24, 2.45) is 0 Å². The summed E-state index contributed by atoms with van der Waals surface area (Å²) in [6.07, 6.45) is 0. The standard InChI is InChI=1S/C19H22N6O/c1-13-5-4-6-16(14(13)2)19(26)24-11-9-23(10-12-24)18-8-7-17-21-20-15(3)25(17)22-18/h4-8H,9-12H2,1-3H3. The van der Waals surface area contributed by atoms with E-state index >= 15 is 0 Å². The van der Waals surface area contributed by atoms with Crippen LogP contribution in [0.5, 0.6) is 0 Å². The first-order valence-corrected chi connectivity index (χ1v) is 8.84. The minimum Gasteiger partial charge on any atom is -0.352 e. The summed E-state index contributed by atoms with van der Waals surface area (Å²) in [7, 11) is 0. The van der Waals surface area contributed by atoms with Crippen LogP contribution in [0, 0.1) is 20.8 Å². The molecule has 1 aromatic carbocycles. The molecule has 4 rings (SSSR count). The molecule has 0 atom stereocenters. The molecule has 3 aromatic rings. The molecule has 1 saturated heterocycles. The van der Waals surface area contributed by atoms with Crippen LogP contribution < -0.4 is 4.90 Å². The first-order chi connectivity index (χ1) is 12.5. The topological polar surface area (TPSA) is 66.6 Å². The summed E-state index contributed by atoms with van der Waals surface area (Å²) >= 11 is 0. The van der Waals surface area contributed by atoms with Gasteiger partial charge < -0.3 is 9.80 Å². The van der Waals surface area contributed by atoms with Crippen LogP contribution in [0.2, 0.25) is 0 Å². The Hall–Kier alpha value is -2.96. The third kappa shape index (κ3) is 2.79. The number of rotatable bonds is 2. The highest BCUT2D eigenvalue weighted by atomic mass is 16.2. The van der Waals surface area contributed by atoms with Gasteiger partial charge in [-0.1, -0.05) is 12.1 Å². The Kier molecular flexibility index (Phi) is 4.06. The number of hydrogen-bond acceptors (Lipinski definition) is 5. The molecular weight excluding hydrogens is 328 g/mol. The predicted molar refractivity (Wildman–Crippen MR) is 99.6 cm³/mol. The van der Waals surface area contributed by atoms with E-state index in [0.717, 1.165) is 47.1 Å². The van der Waals surface area contributed by atoms with E-state index in [1.54, 1.807) is 4.52 Å². The minimum atomic E-state index is 0.115. The molecule has 0 aliphatic carbocycles. The Morgan fingerprint density at radius 3 is 2.50 bits per heavy atom. The van der Waals surface area contributed by atoms with Gasteiger partial charge in [-0.15, -0.1) is 15.3 Å². The molecule has 26 heavy (non-hydrogen) atoms. The highest BCUT2D eigenvalue weighted by molar-refractivity contribution is 5.96. The van der Waals surface area contributed by atoms with E-state index in [0.29, 0.717) is 13.1 Å². The van der Waals surface area contributed by atoms with E-state index in [-0.39, 0.29) is 5.91 Å². The van der Waals surface area contributed by atoms with E-state index in [9.17, 15) is 4.79 Å². The molecule has 134 valence electrons. The summed E-state index contributed by atoms with van der Waals surface area (Å²) in [6, 6.07) is 9.80. The van der Waals surface area contributed by atoms with Gasteiger partial charge >= 0.3 is 0 Å². The van der Waals surface area contributed by atoms with Crippen molar-refractivity contribution in [3.05, 3.63) is 52.8 Å². The lowest BCUT2D eigenvalue weighted by molar-refractivity contribution is 0.0745. The van der Waals surface area contributed by atoms with Gasteiger partial charge in [-0.25, -0.2) is 0 Å². The van der Waals surface area contributed by atoms with E-state index in [4.69, 9.17) is 0 Å². The van der Waals surface area contributed by atoms with Crippen molar-refractivity contribution < 1.29 is 4.79 Å². The van der Waals surface area contributed by atoms with Gasteiger partial charge in [0.1, 0.15) is 5.82 Å². The normalized spacial score (nSPS) is 14.9. The number of amides is 1. The summed E-state index contributed by atoms with van der Waals surface area (Å²) < 4.78 is 1.75. The highest BCUT2D eigenvalue weighted by Gasteiger charge is 2.24. The molecule has 7 nitrogen and oxygen atoms in total. The van der Waals surface area contributed by atoms with Crippen LogP contribution in [0.25, 0.3) is 5.65 Å². The van der Waals surface area contributed by atoms with Gasteiger partial charge in [0, 0.05) is 31.7 Å². The zero-order valence-corrected chi connectivity index (χ0v) is 15.3. The maximum absolute atomic E-state index is 12.9. The molecule has 0 N–H and O–H groups in total. The zero-order chi connectivity index (χ0) is 18.3. The molecule has 2 aromatic heterocycles. The molecule has 0 radical (unpaired) electrons. The van der Waals surface area contributed by atoms with Crippen LogP contribution in [-0.2, 0) is 0 Å². The molecule has 0 saturated carbocycles. The number of aryl methyl sites for hydroxylation is 2. The van der Waals surface area contributed by atoms with Crippen molar-refractivity contribution in [3.63, 3.8) is 0 Å². The van der Waals surface area contributed by atoms with Crippen molar-refractivity contribution in [1.29, 1.82) is 0 Å². The number of aromatic nitrogens is 4. The predicted octanol–water partition coefficient (Wildman–Crippen LogP) is 2.01. The molecule has 1 aliphatic heterocycles. The van der Waals surface area contributed by atoms with Crippen LogP contribution in [0.3, 0.4) is 0 Å². The van der Waals surface area contributed by atoms with Crippen molar-refractivity contribution >= 4 is 17.4 Å². The molecule has 0 spiro atoms. The van der Waals surface area contributed by atoms with Crippen LogP contribution >= 0.6 is 0 Å². The van der Waals surface area contributed by atoms with Crippen LogP contribution in [0.4, 0.5) is 5.82 Å². The van der Waals surface area contributed by atoms with Crippen LogP contribution in [0.15, 0.2) is 30.3 Å². The fourth-order valence-corrected chi connectivity index (χ4v) is 3.35. The molecule has 1 aliphatic rings. The molecule has 1 fully saturated rings. The number of benzene rings is 1. The fourth-order valence-electron chi connectivity index (χ4n) is 3.35. The lowest BCUT2D eigenvalue weighted by Gasteiger charge is -2.35. The van der Waals surface area contributed by atoms with E-state index in [1.165, 1.54) is 0 Å². The number of nitrogens with zero attached hydrogens (tertiary/aromatic N) is 6. The Morgan fingerprint density at radius 2 is 1.73 bits per heavy atom. The first-order valence-electron chi connectivity index (χ1n) is 8.84. The maximum Gasteiger partial charge on any atom is 0.254 e. The summed E-state index contributed by atoms with van der Waals surface area (Å²) in [5, 5.41) is 12.7. The van der Waals surface area contributed by atoms with Gasteiger partial charge in [-0.05, 0) is 50.1 Å². The summed E-state index contributed by atoms with van der Waals surface area (Å²) in [6.45, 7) is 8.84. The fraction of sp³-hybridized carbons (Fsp3) is 0.368. The number of carbonyl (C=O) groups is 1. The average Bonchev–Trinajstić information content (AvgIpc) is 3.04. The molecule has 0 bridgehead atoms. The highest BCUT2D eigenvalue weighted by Crippen LogP contribution is 2.18. The Labute approximate surface area is 152 Å². The van der Waals surface area contributed by atoms with E-state index in [2.05, 4.69) is 20.2 Å². The van der Waals surface area contributed by atoms with Crippen molar-refractivity contribution in [1.82, 2.24) is 24.7 Å². The van der Waals surface area contributed by atoms with Crippen molar-refractivity contribution in [3.8, 4) is 0 Å². The lowest BCUT2D eigenvalue weighted by Crippen LogP contribution is -2.49. The zero-order valence-electron chi connectivity index (χ0n) is 15.3. The first kappa shape index (κ1) is 16.5. The maximum atomic E-state index is 12.9. The van der Waals surface area contributed by atoms with Gasteiger partial charge in [-0.2, -0.15) is 4.52 Å². The van der Waals surface area contributed by atoms with Crippen molar-refractivity contribution in [2.45, 2.75) is 20.8 Å². The number of fused-ring (bicyclic) bond motifs is 1. The molecule has 1 amide bonds. The summed E-state index contributed by atoms with van der Waals surface area (Å²) in [5.41, 5.74) is 3.76. The Bertz CT molecular complexity index is 971. The van der Waals surface area contributed by atoms with Crippen LogP contribution in [-0.4, -0.2) is 56.8 Å². The second-order valence-electron chi connectivity index (χ2n) is 6.74. The molecule has 7 heteroatoms. The van der Waals surface area contributed by atoms with Crippen LogP contribution in [0.1, 0.15) is 27.3 Å². The third-order valence-electron chi connectivity index (χ3n) is 5.13. The van der Waals surface area contributed by atoms with E-state index < -0.39 is 0 Å². The smallest absolute Gasteiger partial charge is 0.254 e. The number of carbonyl (C=O) groups excluding carboxylic acids is 1. The number of piperazine rings is 1. The minimum absolute atomic E-state index is 0.115. The van der Waals surface area contributed by atoms with E-state index in [1.807, 2.05) is 56.0 Å². The summed E-state index contributed by atoms with van der Waals surface area (Å²) in [5.74, 6) is 1.77. The number of anilines is 1. The van der Waals surface area contributed by atoms with Crippen molar-refractivity contribution in [2.75, 3.05) is 31.1 Å². The van der Waals surface area contributed by atoms with Gasteiger partial charge in [0.2, 0.25) is 0 Å². The molecular formula is C19H22N6O.